The van der Waals surface area contributed by atoms with Crippen molar-refractivity contribution in [2.45, 2.75) is 11.4 Å². The van der Waals surface area contributed by atoms with E-state index in [1.54, 1.807) is 11.3 Å². The minimum absolute atomic E-state index is 0.0847. The summed E-state index contributed by atoms with van der Waals surface area (Å²) < 4.78 is 1.01. The van der Waals surface area contributed by atoms with E-state index < -0.39 is 0 Å². The lowest BCUT2D eigenvalue weighted by Gasteiger charge is -2.02. The lowest BCUT2D eigenvalue weighted by molar-refractivity contribution is -0.118. The minimum Gasteiger partial charge on any atom is -0.354 e. The largest absolute Gasteiger partial charge is 0.354 e. The second kappa shape index (κ2) is 6.33. The third kappa shape index (κ3) is 3.18. The van der Waals surface area contributed by atoms with E-state index in [0.717, 1.165) is 15.2 Å². The molecule has 5 nitrogen and oxygen atoms in total. The van der Waals surface area contributed by atoms with E-state index in [-0.39, 0.29) is 5.91 Å². The molecule has 0 radical (unpaired) electrons. The Bertz CT molecular complexity index is 590. The van der Waals surface area contributed by atoms with Crippen LogP contribution < -0.4 is 5.32 Å². The molecule has 0 aliphatic rings. The molecule has 0 spiro atoms. The number of carbonyl (C=O) groups is 1. The summed E-state index contributed by atoms with van der Waals surface area (Å²) >= 11 is 2.95. The van der Waals surface area contributed by atoms with Crippen LogP contribution in [0.4, 0.5) is 0 Å². The average molecular weight is 278 g/mol. The summed E-state index contributed by atoms with van der Waals surface area (Å²) in [7, 11) is 0. The van der Waals surface area contributed by atoms with Gasteiger partial charge in [-0.1, -0.05) is 11.8 Å². The molecule has 0 aromatic carbocycles. The number of nitrogens with zero attached hydrogens (tertiary/aromatic N) is 3. The fourth-order valence-electron chi connectivity index (χ4n) is 1.31. The molecule has 1 N–H and O–H groups in total. The number of nitriles is 1. The van der Waals surface area contributed by atoms with Crippen LogP contribution in [0.3, 0.4) is 0 Å². The first-order valence-corrected chi connectivity index (χ1v) is 7.12. The summed E-state index contributed by atoms with van der Waals surface area (Å²) in [5.41, 5.74) is 0.905. The maximum atomic E-state index is 11.5. The molecular weight excluding hydrogens is 268 g/mol. The molecule has 2 rings (SSSR count). The summed E-state index contributed by atoms with van der Waals surface area (Å²) in [6.07, 6.45) is 1.84. The Kier molecular flexibility index (Phi) is 4.50. The van der Waals surface area contributed by atoms with Gasteiger partial charge in [-0.3, -0.25) is 4.79 Å². The summed E-state index contributed by atoms with van der Waals surface area (Å²) in [6, 6.07) is 3.91. The first kappa shape index (κ1) is 12.8. The molecule has 0 bridgehead atoms. The molecule has 2 aromatic heterocycles. The van der Waals surface area contributed by atoms with Gasteiger partial charge in [-0.25, -0.2) is 9.97 Å². The minimum atomic E-state index is -0.0847. The highest BCUT2D eigenvalue weighted by Gasteiger charge is 2.08. The molecule has 0 aliphatic carbocycles. The van der Waals surface area contributed by atoms with E-state index >= 15 is 0 Å². The van der Waals surface area contributed by atoms with Crippen molar-refractivity contribution < 1.29 is 4.79 Å². The second-order valence-electron chi connectivity index (χ2n) is 3.36. The predicted molar refractivity (Wildman–Crippen MR) is 71.4 cm³/mol. The molecule has 0 fully saturated rings. The number of nitrogens with one attached hydrogen (secondary N) is 1. The van der Waals surface area contributed by atoms with E-state index in [9.17, 15) is 4.79 Å². The van der Waals surface area contributed by atoms with Crippen LogP contribution in [-0.4, -0.2) is 28.2 Å². The van der Waals surface area contributed by atoms with Gasteiger partial charge in [-0.05, 0) is 11.4 Å². The van der Waals surface area contributed by atoms with Crippen molar-refractivity contribution in [2.24, 2.45) is 0 Å². The maximum Gasteiger partial charge on any atom is 0.230 e. The normalized spacial score (nSPS) is 10.2. The molecule has 2 aromatic rings. The lowest BCUT2D eigenvalue weighted by atomic mass is 10.4. The van der Waals surface area contributed by atoms with E-state index in [1.807, 2.05) is 17.5 Å². The maximum absolute atomic E-state index is 11.5. The van der Waals surface area contributed by atoms with Crippen molar-refractivity contribution in [1.29, 1.82) is 5.26 Å². The zero-order chi connectivity index (χ0) is 12.8. The third-order valence-electron chi connectivity index (χ3n) is 2.11. The lowest BCUT2D eigenvalue weighted by Crippen LogP contribution is -2.25. The first-order valence-electron chi connectivity index (χ1n) is 5.26. The van der Waals surface area contributed by atoms with Crippen molar-refractivity contribution >= 4 is 39.2 Å². The molecule has 0 unspecified atom stereocenters. The van der Waals surface area contributed by atoms with Gasteiger partial charge in [0, 0.05) is 6.54 Å². The van der Waals surface area contributed by atoms with Crippen LogP contribution in [-0.2, 0) is 4.79 Å². The zero-order valence-corrected chi connectivity index (χ0v) is 11.1. The van der Waals surface area contributed by atoms with Crippen LogP contribution in [0.15, 0.2) is 22.8 Å². The van der Waals surface area contributed by atoms with Gasteiger partial charge in [0.25, 0.3) is 0 Å². The molecule has 2 heterocycles. The Balaban J connectivity index is 1.92. The number of aromatic nitrogens is 2. The van der Waals surface area contributed by atoms with Gasteiger partial charge in [0.15, 0.2) is 0 Å². The Morgan fingerprint density at radius 1 is 1.56 bits per heavy atom. The van der Waals surface area contributed by atoms with E-state index in [0.29, 0.717) is 18.7 Å². The zero-order valence-electron chi connectivity index (χ0n) is 9.42. The number of amides is 1. The van der Waals surface area contributed by atoms with Gasteiger partial charge in [-0.15, -0.1) is 11.3 Å². The van der Waals surface area contributed by atoms with Crippen LogP contribution in [0.2, 0.25) is 0 Å². The SMILES string of the molecule is N#CCCNC(=O)CSc1ncnc2ccsc12. The monoisotopic (exact) mass is 278 g/mol. The Morgan fingerprint density at radius 3 is 3.28 bits per heavy atom. The Morgan fingerprint density at radius 2 is 2.44 bits per heavy atom. The van der Waals surface area contributed by atoms with Crippen LogP contribution in [0.5, 0.6) is 0 Å². The number of hydrogen-bond acceptors (Lipinski definition) is 6. The summed E-state index contributed by atoms with van der Waals surface area (Å²) in [5.74, 6) is 0.216. The number of hydrogen-bond donors (Lipinski definition) is 1. The van der Waals surface area contributed by atoms with Crippen LogP contribution in [0.25, 0.3) is 10.2 Å². The summed E-state index contributed by atoms with van der Waals surface area (Å²) in [4.78, 5) is 19.8. The summed E-state index contributed by atoms with van der Waals surface area (Å²) in [6.45, 7) is 0.397. The predicted octanol–water partition coefficient (Wildman–Crippen LogP) is 1.81. The second-order valence-corrected chi connectivity index (χ2v) is 5.24. The number of thiophene rings is 1. The van der Waals surface area contributed by atoms with Gasteiger partial charge in [0.1, 0.15) is 11.4 Å². The average Bonchev–Trinajstić information content (AvgIpc) is 2.85. The quantitative estimate of drug-likeness (QED) is 0.512. The van der Waals surface area contributed by atoms with E-state index in [4.69, 9.17) is 5.26 Å². The van der Waals surface area contributed by atoms with Gasteiger partial charge in [0.05, 0.1) is 28.5 Å². The fraction of sp³-hybridized carbons (Fsp3) is 0.273. The standard InChI is InChI=1S/C11H10N4OS2/c12-3-1-4-13-9(16)6-18-11-10-8(2-5-17-10)14-7-15-11/h2,5,7H,1,4,6H2,(H,13,16). The van der Waals surface area contributed by atoms with E-state index in [1.165, 1.54) is 18.1 Å². The molecule has 92 valence electrons. The van der Waals surface area contributed by atoms with Crippen molar-refractivity contribution in [1.82, 2.24) is 15.3 Å². The van der Waals surface area contributed by atoms with Crippen molar-refractivity contribution in [3.05, 3.63) is 17.8 Å². The molecule has 0 atom stereocenters. The van der Waals surface area contributed by atoms with Crippen LogP contribution >= 0.6 is 23.1 Å². The highest BCUT2D eigenvalue weighted by molar-refractivity contribution is 8.00. The van der Waals surface area contributed by atoms with Crippen molar-refractivity contribution in [3.8, 4) is 6.07 Å². The van der Waals surface area contributed by atoms with Gasteiger partial charge >= 0.3 is 0 Å². The molecule has 7 heteroatoms. The van der Waals surface area contributed by atoms with Crippen LogP contribution in [0, 0.1) is 11.3 Å². The molecule has 18 heavy (non-hydrogen) atoms. The highest BCUT2D eigenvalue weighted by Crippen LogP contribution is 2.28. The number of rotatable bonds is 5. The number of thioether (sulfide) groups is 1. The Hall–Kier alpha value is -1.65. The Labute approximate surface area is 112 Å². The molecule has 0 saturated carbocycles. The van der Waals surface area contributed by atoms with Gasteiger partial charge in [0.2, 0.25) is 5.91 Å². The molecule has 1 amide bonds. The van der Waals surface area contributed by atoms with Crippen molar-refractivity contribution in [2.75, 3.05) is 12.3 Å². The molecule has 0 saturated heterocycles. The van der Waals surface area contributed by atoms with Crippen molar-refractivity contribution in [3.63, 3.8) is 0 Å². The third-order valence-corrected chi connectivity index (χ3v) is 4.14. The first-order chi connectivity index (χ1) is 8.81. The molecule has 0 aliphatic heterocycles. The summed E-state index contributed by atoms with van der Waals surface area (Å²) in [5, 5.41) is 13.8. The number of carbonyl (C=O) groups excluding carboxylic acids is 1. The topological polar surface area (TPSA) is 78.7 Å². The smallest absolute Gasteiger partial charge is 0.230 e. The molecular formula is C11H10N4OS2. The van der Waals surface area contributed by atoms with Crippen LogP contribution in [0.1, 0.15) is 6.42 Å². The van der Waals surface area contributed by atoms with Gasteiger partial charge < -0.3 is 5.32 Å². The van der Waals surface area contributed by atoms with Gasteiger partial charge in [-0.2, -0.15) is 5.26 Å². The van der Waals surface area contributed by atoms with E-state index in [2.05, 4.69) is 15.3 Å². The fourth-order valence-corrected chi connectivity index (χ4v) is 3.09. The highest BCUT2D eigenvalue weighted by atomic mass is 32.2. The number of fused-ring (bicyclic) bond motifs is 1.